The van der Waals surface area contributed by atoms with E-state index in [4.69, 9.17) is 4.74 Å². The number of hydrogen-bond acceptors (Lipinski definition) is 2. The van der Waals surface area contributed by atoms with Crippen LogP contribution >= 0.6 is 12.4 Å². The third-order valence-electron chi connectivity index (χ3n) is 6.39. The Kier molecular flexibility index (Phi) is 7.00. The van der Waals surface area contributed by atoms with E-state index < -0.39 is 0 Å². The molecule has 1 atom stereocenters. The van der Waals surface area contributed by atoms with E-state index in [1.54, 1.807) is 12.1 Å². The Bertz CT molecular complexity index is 794. The first kappa shape index (κ1) is 21.1. The van der Waals surface area contributed by atoms with Gasteiger partial charge in [0.05, 0.1) is 0 Å². The quantitative estimate of drug-likeness (QED) is 0.611. The van der Waals surface area contributed by atoms with Gasteiger partial charge in [-0.05, 0) is 80.9 Å². The summed E-state index contributed by atoms with van der Waals surface area (Å²) >= 11 is 0. The Hall–Kier alpha value is -1.58. The summed E-state index contributed by atoms with van der Waals surface area (Å²) < 4.78 is 19.7. The Morgan fingerprint density at radius 3 is 2.75 bits per heavy atom. The van der Waals surface area contributed by atoms with Crippen molar-refractivity contribution in [3.8, 4) is 5.75 Å². The third-order valence-corrected chi connectivity index (χ3v) is 6.39. The van der Waals surface area contributed by atoms with Crippen LogP contribution in [0.2, 0.25) is 0 Å². The molecule has 2 aromatic rings. The van der Waals surface area contributed by atoms with E-state index >= 15 is 0 Å². The van der Waals surface area contributed by atoms with Crippen molar-refractivity contribution in [2.45, 2.75) is 64.0 Å². The molecule has 0 bridgehead atoms. The number of likely N-dealkylation sites (tertiary alicyclic amines) is 1. The summed E-state index contributed by atoms with van der Waals surface area (Å²) in [5.74, 6) is 0.646. The minimum atomic E-state index is -0.203. The highest BCUT2D eigenvalue weighted by Crippen LogP contribution is 2.40. The highest BCUT2D eigenvalue weighted by Gasteiger charge is 2.40. The molecule has 0 saturated carbocycles. The summed E-state index contributed by atoms with van der Waals surface area (Å²) in [5, 5.41) is 0. The van der Waals surface area contributed by atoms with Gasteiger partial charge >= 0.3 is 0 Å². The van der Waals surface area contributed by atoms with Gasteiger partial charge in [-0.25, -0.2) is 4.39 Å². The molecule has 2 nitrogen and oxygen atoms in total. The maximum atomic E-state index is 13.8. The number of rotatable bonds is 5. The Balaban J connectivity index is 0.00000225. The predicted molar refractivity (Wildman–Crippen MR) is 115 cm³/mol. The van der Waals surface area contributed by atoms with Gasteiger partial charge in [0, 0.05) is 11.1 Å². The highest BCUT2D eigenvalue weighted by molar-refractivity contribution is 5.85. The highest BCUT2D eigenvalue weighted by atomic mass is 35.5. The fourth-order valence-electron chi connectivity index (χ4n) is 4.94. The van der Waals surface area contributed by atoms with Crippen LogP contribution in [0.1, 0.15) is 55.7 Å². The summed E-state index contributed by atoms with van der Waals surface area (Å²) in [4.78, 5) is 2.77. The molecule has 0 aromatic heterocycles. The van der Waals surface area contributed by atoms with Crippen LogP contribution in [-0.4, -0.2) is 23.5 Å². The lowest BCUT2D eigenvalue weighted by Crippen LogP contribution is -2.55. The maximum Gasteiger partial charge on any atom is 0.129 e. The fraction of sp³-hybridized carbons (Fsp3) is 0.500. The number of piperidine rings is 1. The Labute approximate surface area is 174 Å². The first-order chi connectivity index (χ1) is 13.2. The van der Waals surface area contributed by atoms with Crippen LogP contribution in [0.4, 0.5) is 4.39 Å². The zero-order chi connectivity index (χ0) is 18.7. The zero-order valence-electron chi connectivity index (χ0n) is 16.8. The second-order valence-corrected chi connectivity index (χ2v) is 8.16. The molecule has 4 heteroatoms. The minimum absolute atomic E-state index is 0. The van der Waals surface area contributed by atoms with Gasteiger partial charge in [0.25, 0.3) is 0 Å². The van der Waals surface area contributed by atoms with E-state index in [1.807, 2.05) is 6.07 Å². The molecule has 1 heterocycles. The zero-order valence-corrected chi connectivity index (χ0v) is 17.6. The van der Waals surface area contributed by atoms with Gasteiger partial charge in [0.1, 0.15) is 18.2 Å². The second-order valence-electron chi connectivity index (χ2n) is 8.16. The molecule has 0 amide bonds. The maximum absolute atomic E-state index is 13.8. The summed E-state index contributed by atoms with van der Waals surface area (Å²) in [6, 6.07) is 13.3. The molecular formula is C24H31ClFNO. The number of ether oxygens (including phenoxy) is 1. The average molecular weight is 404 g/mol. The first-order valence-corrected chi connectivity index (χ1v) is 10.4. The van der Waals surface area contributed by atoms with Gasteiger partial charge in [-0.1, -0.05) is 37.6 Å². The monoisotopic (exact) mass is 403 g/mol. The van der Waals surface area contributed by atoms with E-state index in [0.29, 0.717) is 11.1 Å². The SMILES string of the molecule is CCCN1CCCCC12CCc1cc(OCc3ccccc3F)ccc1C2.Cl. The van der Waals surface area contributed by atoms with Crippen LogP contribution in [0.15, 0.2) is 42.5 Å². The lowest BCUT2D eigenvalue weighted by Gasteiger charge is -2.50. The summed E-state index contributed by atoms with van der Waals surface area (Å²) in [6.45, 7) is 5.05. The van der Waals surface area contributed by atoms with Gasteiger partial charge in [-0.2, -0.15) is 0 Å². The summed E-state index contributed by atoms with van der Waals surface area (Å²) in [5.41, 5.74) is 3.86. The number of aryl methyl sites for hydroxylation is 1. The largest absolute Gasteiger partial charge is 0.489 e. The third kappa shape index (κ3) is 4.36. The number of benzene rings is 2. The molecule has 28 heavy (non-hydrogen) atoms. The normalized spacial score (nSPS) is 21.8. The Morgan fingerprint density at radius 1 is 1.07 bits per heavy atom. The molecule has 1 aliphatic heterocycles. The van der Waals surface area contributed by atoms with Gasteiger partial charge in [0.2, 0.25) is 0 Å². The standard InChI is InChI=1S/C24H30FNO.ClH/c1-2-14-26-15-6-5-12-24(26)13-11-19-16-22(10-9-20(19)17-24)27-18-21-7-3-4-8-23(21)25;/h3-4,7-10,16H,2,5-6,11-15,17-18H2,1H3;1H. The molecule has 1 spiro atoms. The number of hydrogen-bond donors (Lipinski definition) is 0. The van der Waals surface area contributed by atoms with E-state index in [1.165, 1.54) is 62.4 Å². The van der Waals surface area contributed by atoms with Crippen molar-refractivity contribution in [2.75, 3.05) is 13.1 Å². The molecule has 2 aromatic carbocycles. The van der Waals surface area contributed by atoms with Gasteiger partial charge in [-0.15, -0.1) is 12.4 Å². The van der Waals surface area contributed by atoms with Crippen molar-refractivity contribution in [3.05, 3.63) is 65.0 Å². The van der Waals surface area contributed by atoms with Crippen molar-refractivity contribution in [2.24, 2.45) is 0 Å². The molecular weight excluding hydrogens is 373 g/mol. The molecule has 1 fully saturated rings. The minimum Gasteiger partial charge on any atom is -0.489 e. The predicted octanol–water partition coefficient (Wildman–Crippen LogP) is 5.95. The lowest BCUT2D eigenvalue weighted by atomic mass is 9.72. The van der Waals surface area contributed by atoms with Crippen LogP contribution in [0.3, 0.4) is 0 Å². The molecule has 4 rings (SSSR count). The first-order valence-electron chi connectivity index (χ1n) is 10.4. The number of fused-ring (bicyclic) bond motifs is 1. The van der Waals surface area contributed by atoms with Crippen molar-refractivity contribution in [1.82, 2.24) is 4.90 Å². The average Bonchev–Trinajstić information content (AvgIpc) is 2.69. The van der Waals surface area contributed by atoms with Crippen molar-refractivity contribution in [3.63, 3.8) is 0 Å². The van der Waals surface area contributed by atoms with Crippen molar-refractivity contribution < 1.29 is 9.13 Å². The molecule has 1 saturated heterocycles. The molecule has 152 valence electrons. The summed E-state index contributed by atoms with van der Waals surface area (Å²) in [6.07, 6.45) is 8.80. The van der Waals surface area contributed by atoms with Crippen LogP contribution < -0.4 is 4.74 Å². The van der Waals surface area contributed by atoms with E-state index in [9.17, 15) is 4.39 Å². The Morgan fingerprint density at radius 2 is 1.93 bits per heavy atom. The molecule has 1 aliphatic carbocycles. The second kappa shape index (κ2) is 9.28. The number of halogens is 2. The molecule has 1 unspecified atom stereocenters. The van der Waals surface area contributed by atoms with E-state index in [-0.39, 0.29) is 24.8 Å². The summed E-state index contributed by atoms with van der Waals surface area (Å²) in [7, 11) is 0. The lowest BCUT2D eigenvalue weighted by molar-refractivity contribution is 0.0340. The van der Waals surface area contributed by atoms with E-state index in [0.717, 1.165) is 18.6 Å². The number of nitrogens with zero attached hydrogens (tertiary/aromatic N) is 1. The van der Waals surface area contributed by atoms with Gasteiger partial charge in [-0.3, -0.25) is 4.90 Å². The van der Waals surface area contributed by atoms with Gasteiger partial charge < -0.3 is 4.74 Å². The van der Waals surface area contributed by atoms with Crippen LogP contribution in [-0.2, 0) is 19.4 Å². The van der Waals surface area contributed by atoms with Crippen LogP contribution in [0.25, 0.3) is 0 Å². The topological polar surface area (TPSA) is 12.5 Å². The van der Waals surface area contributed by atoms with Crippen LogP contribution in [0.5, 0.6) is 5.75 Å². The molecule has 0 N–H and O–H groups in total. The van der Waals surface area contributed by atoms with E-state index in [2.05, 4.69) is 30.0 Å². The molecule has 2 aliphatic rings. The molecule has 0 radical (unpaired) electrons. The van der Waals surface area contributed by atoms with Gasteiger partial charge in [0.15, 0.2) is 0 Å². The fourth-order valence-corrected chi connectivity index (χ4v) is 4.94. The smallest absolute Gasteiger partial charge is 0.129 e. The van der Waals surface area contributed by atoms with Crippen LogP contribution in [0, 0.1) is 5.82 Å². The van der Waals surface area contributed by atoms with Crippen molar-refractivity contribution >= 4 is 12.4 Å². The van der Waals surface area contributed by atoms with Crippen molar-refractivity contribution in [1.29, 1.82) is 0 Å².